The maximum Gasteiger partial charge on any atom is 0.337 e. The molecule has 0 radical (unpaired) electrons. The molecule has 25 heavy (non-hydrogen) atoms. The molecule has 0 unspecified atom stereocenters. The van der Waals surface area contributed by atoms with Crippen LogP contribution >= 0.6 is 15.9 Å². The number of methoxy groups -OCH3 is 1. The Hall–Kier alpha value is -3.07. The first-order valence-electron chi connectivity index (χ1n) is 6.94. The summed E-state index contributed by atoms with van der Waals surface area (Å²) in [5, 5.41) is 11.8. The summed E-state index contributed by atoms with van der Waals surface area (Å²) >= 11 is 3.35. The number of esters is 1. The lowest BCUT2D eigenvalue weighted by Gasteiger charge is -2.09. The standard InChI is InChI=1S/C16H10BrN3O5/c1-24-16(21)9-2-5-13(20(22)23)14(6-9)25-15-11-7-10(17)3-4-12(11)18-8-19-15/h2-8H,1H3. The smallest absolute Gasteiger partial charge is 0.337 e. The highest BCUT2D eigenvalue weighted by molar-refractivity contribution is 9.10. The van der Waals surface area contributed by atoms with Crippen molar-refractivity contribution in [3.05, 3.63) is 62.9 Å². The van der Waals surface area contributed by atoms with E-state index in [1.807, 2.05) is 0 Å². The summed E-state index contributed by atoms with van der Waals surface area (Å²) < 4.78 is 11.1. The van der Waals surface area contributed by atoms with Crippen LogP contribution < -0.4 is 4.74 Å². The normalized spacial score (nSPS) is 10.5. The molecule has 0 amide bonds. The first-order valence-corrected chi connectivity index (χ1v) is 7.74. The van der Waals surface area contributed by atoms with E-state index in [1.54, 1.807) is 18.2 Å². The second-order valence-corrected chi connectivity index (χ2v) is 5.79. The molecule has 0 aliphatic heterocycles. The van der Waals surface area contributed by atoms with Gasteiger partial charge in [0, 0.05) is 16.6 Å². The third kappa shape index (κ3) is 3.41. The van der Waals surface area contributed by atoms with Gasteiger partial charge in [0.25, 0.3) is 0 Å². The minimum atomic E-state index is -0.630. The number of rotatable bonds is 4. The molecule has 0 aliphatic carbocycles. The van der Waals surface area contributed by atoms with E-state index in [1.165, 1.54) is 31.6 Å². The number of nitro benzene ring substituents is 1. The lowest BCUT2D eigenvalue weighted by molar-refractivity contribution is -0.385. The molecule has 9 heteroatoms. The Morgan fingerprint density at radius 3 is 2.72 bits per heavy atom. The van der Waals surface area contributed by atoms with Crippen LogP contribution in [0.4, 0.5) is 5.69 Å². The van der Waals surface area contributed by atoms with Gasteiger partial charge in [-0.3, -0.25) is 10.1 Å². The maximum atomic E-state index is 11.7. The summed E-state index contributed by atoms with van der Waals surface area (Å²) in [4.78, 5) is 30.5. The molecule has 0 saturated heterocycles. The van der Waals surface area contributed by atoms with Crippen molar-refractivity contribution in [2.24, 2.45) is 0 Å². The van der Waals surface area contributed by atoms with E-state index in [4.69, 9.17) is 4.74 Å². The topological polar surface area (TPSA) is 104 Å². The molecule has 3 aromatic rings. The number of aromatic nitrogens is 2. The first-order chi connectivity index (χ1) is 12.0. The lowest BCUT2D eigenvalue weighted by Crippen LogP contribution is -2.03. The highest BCUT2D eigenvalue weighted by Crippen LogP contribution is 2.34. The van der Waals surface area contributed by atoms with E-state index >= 15 is 0 Å². The summed E-state index contributed by atoms with van der Waals surface area (Å²) in [7, 11) is 1.22. The Bertz CT molecular complexity index is 993. The van der Waals surface area contributed by atoms with Crippen LogP contribution in [0.15, 0.2) is 47.2 Å². The molecule has 2 aromatic carbocycles. The Morgan fingerprint density at radius 2 is 2.00 bits per heavy atom. The van der Waals surface area contributed by atoms with Gasteiger partial charge in [-0.2, -0.15) is 0 Å². The van der Waals surface area contributed by atoms with Gasteiger partial charge in [0.15, 0.2) is 0 Å². The Balaban J connectivity index is 2.12. The number of hydrogen-bond acceptors (Lipinski definition) is 7. The molecule has 0 bridgehead atoms. The number of ether oxygens (including phenoxy) is 2. The minimum Gasteiger partial charge on any atom is -0.465 e. The molecule has 0 spiro atoms. The molecular formula is C16H10BrN3O5. The number of benzene rings is 2. The van der Waals surface area contributed by atoms with Crippen molar-refractivity contribution >= 4 is 38.5 Å². The maximum absolute atomic E-state index is 11.7. The van der Waals surface area contributed by atoms with Gasteiger partial charge in [0.05, 0.1) is 28.5 Å². The molecule has 126 valence electrons. The number of fused-ring (bicyclic) bond motifs is 1. The number of hydrogen-bond donors (Lipinski definition) is 0. The molecule has 0 saturated carbocycles. The minimum absolute atomic E-state index is 0.118. The van der Waals surface area contributed by atoms with Crippen molar-refractivity contribution in [2.75, 3.05) is 7.11 Å². The summed E-state index contributed by atoms with van der Waals surface area (Å²) in [5.74, 6) is -0.612. The average molecular weight is 404 g/mol. The number of nitro groups is 1. The van der Waals surface area contributed by atoms with E-state index in [0.717, 1.165) is 4.47 Å². The molecule has 0 fully saturated rings. The highest BCUT2D eigenvalue weighted by Gasteiger charge is 2.20. The molecule has 0 aliphatic rings. The van der Waals surface area contributed by atoms with Gasteiger partial charge in [0.2, 0.25) is 11.6 Å². The fourth-order valence-electron chi connectivity index (χ4n) is 2.18. The van der Waals surface area contributed by atoms with Crippen LogP contribution in [0.3, 0.4) is 0 Å². The summed E-state index contributed by atoms with van der Waals surface area (Å²) in [6.45, 7) is 0. The molecule has 1 aromatic heterocycles. The van der Waals surface area contributed by atoms with E-state index in [9.17, 15) is 14.9 Å². The fourth-order valence-corrected chi connectivity index (χ4v) is 2.54. The zero-order chi connectivity index (χ0) is 18.0. The van der Waals surface area contributed by atoms with Gasteiger partial charge in [-0.15, -0.1) is 0 Å². The van der Waals surface area contributed by atoms with Gasteiger partial charge in [-0.05, 0) is 24.3 Å². The largest absolute Gasteiger partial charge is 0.465 e. The zero-order valence-corrected chi connectivity index (χ0v) is 14.4. The Kier molecular flexibility index (Phi) is 4.57. The quantitative estimate of drug-likeness (QED) is 0.369. The highest BCUT2D eigenvalue weighted by atomic mass is 79.9. The predicted molar refractivity (Wildman–Crippen MR) is 91.7 cm³/mol. The van der Waals surface area contributed by atoms with Crippen LogP contribution in [0.2, 0.25) is 0 Å². The van der Waals surface area contributed by atoms with Crippen molar-refractivity contribution < 1.29 is 19.2 Å². The van der Waals surface area contributed by atoms with Crippen LogP contribution in [0.5, 0.6) is 11.6 Å². The van der Waals surface area contributed by atoms with Crippen LogP contribution in [-0.4, -0.2) is 28.0 Å². The van der Waals surface area contributed by atoms with Crippen molar-refractivity contribution in [1.82, 2.24) is 9.97 Å². The lowest BCUT2D eigenvalue weighted by atomic mass is 10.2. The Labute approximate surface area is 149 Å². The second-order valence-electron chi connectivity index (χ2n) is 4.87. The SMILES string of the molecule is COC(=O)c1ccc([N+](=O)[O-])c(Oc2ncnc3ccc(Br)cc23)c1. The van der Waals surface area contributed by atoms with E-state index in [2.05, 4.69) is 30.6 Å². The fraction of sp³-hybridized carbons (Fsp3) is 0.0625. The van der Waals surface area contributed by atoms with Gasteiger partial charge < -0.3 is 9.47 Å². The summed E-state index contributed by atoms with van der Waals surface area (Å²) in [6.07, 6.45) is 1.29. The second kappa shape index (κ2) is 6.81. The van der Waals surface area contributed by atoms with Crippen LogP contribution in [0, 0.1) is 10.1 Å². The Morgan fingerprint density at radius 1 is 1.20 bits per heavy atom. The van der Waals surface area contributed by atoms with Gasteiger partial charge in [-0.1, -0.05) is 15.9 Å². The monoisotopic (exact) mass is 403 g/mol. The van der Waals surface area contributed by atoms with Crippen molar-refractivity contribution in [3.8, 4) is 11.6 Å². The summed E-state index contributed by atoms with van der Waals surface area (Å²) in [6, 6.07) is 9.02. The zero-order valence-electron chi connectivity index (χ0n) is 12.8. The van der Waals surface area contributed by atoms with E-state index in [0.29, 0.717) is 10.9 Å². The number of nitrogens with zero attached hydrogens (tertiary/aromatic N) is 3. The molecule has 0 atom stereocenters. The van der Waals surface area contributed by atoms with Crippen molar-refractivity contribution in [1.29, 1.82) is 0 Å². The van der Waals surface area contributed by atoms with Crippen LogP contribution in [0.1, 0.15) is 10.4 Å². The van der Waals surface area contributed by atoms with Gasteiger partial charge in [0.1, 0.15) is 6.33 Å². The van der Waals surface area contributed by atoms with Crippen molar-refractivity contribution in [2.45, 2.75) is 0 Å². The van der Waals surface area contributed by atoms with E-state index < -0.39 is 10.9 Å². The molecule has 8 nitrogen and oxygen atoms in total. The third-order valence-corrected chi connectivity index (χ3v) is 3.84. The van der Waals surface area contributed by atoms with Crippen LogP contribution in [0.25, 0.3) is 10.9 Å². The van der Waals surface area contributed by atoms with Gasteiger partial charge in [-0.25, -0.2) is 14.8 Å². The van der Waals surface area contributed by atoms with Crippen LogP contribution in [-0.2, 0) is 4.74 Å². The predicted octanol–water partition coefficient (Wildman–Crippen LogP) is 3.88. The first kappa shape index (κ1) is 16.8. The molecule has 1 heterocycles. The van der Waals surface area contributed by atoms with E-state index in [-0.39, 0.29) is 22.9 Å². The average Bonchev–Trinajstić information content (AvgIpc) is 2.61. The number of carbonyl (C=O) groups excluding carboxylic acids is 1. The van der Waals surface area contributed by atoms with Gasteiger partial charge >= 0.3 is 11.7 Å². The third-order valence-electron chi connectivity index (χ3n) is 3.35. The number of halogens is 1. The number of carbonyl (C=O) groups is 1. The molecule has 3 rings (SSSR count). The molecule has 0 N–H and O–H groups in total. The molecular weight excluding hydrogens is 394 g/mol. The summed E-state index contributed by atoms with van der Waals surface area (Å²) in [5.41, 5.74) is 0.442. The van der Waals surface area contributed by atoms with Crippen molar-refractivity contribution in [3.63, 3.8) is 0 Å².